The number of hydrogen-bond donors (Lipinski definition) is 1. The second-order valence-corrected chi connectivity index (χ2v) is 5.90. The summed E-state index contributed by atoms with van der Waals surface area (Å²) >= 11 is 5.91. The molecule has 0 amide bonds. The van der Waals surface area contributed by atoms with Crippen molar-refractivity contribution in [2.45, 2.75) is 39.5 Å². The van der Waals surface area contributed by atoms with E-state index in [1.54, 1.807) is 0 Å². The fraction of sp³-hybridized carbons (Fsp3) is 0.333. The maximum Gasteiger partial charge on any atom is 0.119 e. The Hall–Kier alpha value is -1.51. The van der Waals surface area contributed by atoms with Gasteiger partial charge in [-0.05, 0) is 56.2 Å². The van der Waals surface area contributed by atoms with Crippen LogP contribution in [0.25, 0.3) is 0 Å². The van der Waals surface area contributed by atoms with E-state index in [0.717, 1.165) is 17.3 Å². The lowest BCUT2D eigenvalue weighted by Crippen LogP contribution is -2.18. The van der Waals surface area contributed by atoms with Gasteiger partial charge in [0.1, 0.15) is 5.75 Å². The maximum atomic E-state index is 5.91. The van der Waals surface area contributed by atoms with E-state index in [9.17, 15) is 0 Å². The zero-order valence-corrected chi connectivity index (χ0v) is 13.5. The quantitative estimate of drug-likeness (QED) is 0.813. The van der Waals surface area contributed by atoms with Gasteiger partial charge in [0.05, 0.1) is 6.10 Å². The molecular weight excluding hydrogens is 282 g/mol. The summed E-state index contributed by atoms with van der Waals surface area (Å²) in [6.07, 6.45) is 0.207. The molecule has 0 aliphatic carbocycles. The van der Waals surface area contributed by atoms with E-state index in [1.807, 2.05) is 38.1 Å². The molecule has 0 bridgehead atoms. The van der Waals surface area contributed by atoms with Gasteiger partial charge in [-0.3, -0.25) is 0 Å². The predicted molar refractivity (Wildman–Crippen MR) is 88.9 cm³/mol. The summed E-state index contributed by atoms with van der Waals surface area (Å²) in [4.78, 5) is 0. The molecule has 0 aromatic heterocycles. The van der Waals surface area contributed by atoms with Crippen molar-refractivity contribution in [2.75, 3.05) is 0 Å². The highest BCUT2D eigenvalue weighted by molar-refractivity contribution is 6.30. The zero-order valence-electron chi connectivity index (χ0n) is 12.8. The van der Waals surface area contributed by atoms with Crippen LogP contribution in [-0.2, 0) is 6.54 Å². The Balaban J connectivity index is 1.88. The Kier molecular flexibility index (Phi) is 5.66. The van der Waals surface area contributed by atoms with Gasteiger partial charge in [0, 0.05) is 17.6 Å². The first-order valence-corrected chi connectivity index (χ1v) is 7.67. The van der Waals surface area contributed by atoms with Crippen LogP contribution in [0.1, 0.15) is 37.9 Å². The van der Waals surface area contributed by atoms with E-state index in [1.165, 1.54) is 11.1 Å². The summed E-state index contributed by atoms with van der Waals surface area (Å²) in [7, 11) is 0. The molecule has 1 atom stereocenters. The van der Waals surface area contributed by atoms with Crippen molar-refractivity contribution in [2.24, 2.45) is 0 Å². The Morgan fingerprint density at radius 3 is 2.14 bits per heavy atom. The van der Waals surface area contributed by atoms with Crippen molar-refractivity contribution in [3.8, 4) is 5.75 Å². The van der Waals surface area contributed by atoms with Crippen molar-refractivity contribution in [1.29, 1.82) is 0 Å². The number of rotatable bonds is 6. The summed E-state index contributed by atoms with van der Waals surface area (Å²) in [5.74, 6) is 0.916. The molecule has 0 heterocycles. The lowest BCUT2D eigenvalue weighted by atomic mass is 10.1. The van der Waals surface area contributed by atoms with Crippen LogP contribution in [0.4, 0.5) is 0 Å². The van der Waals surface area contributed by atoms with Crippen LogP contribution in [0.15, 0.2) is 48.5 Å². The summed E-state index contributed by atoms with van der Waals surface area (Å²) in [5, 5.41) is 4.28. The summed E-state index contributed by atoms with van der Waals surface area (Å²) in [6.45, 7) is 7.04. The van der Waals surface area contributed by atoms with Crippen LogP contribution >= 0.6 is 11.6 Å². The second kappa shape index (κ2) is 7.48. The van der Waals surface area contributed by atoms with Crippen molar-refractivity contribution >= 4 is 11.6 Å². The molecule has 0 unspecified atom stereocenters. The van der Waals surface area contributed by atoms with E-state index in [-0.39, 0.29) is 12.1 Å². The van der Waals surface area contributed by atoms with Crippen LogP contribution in [0.2, 0.25) is 5.02 Å². The van der Waals surface area contributed by atoms with Crippen molar-refractivity contribution < 1.29 is 4.74 Å². The molecule has 0 saturated heterocycles. The zero-order chi connectivity index (χ0) is 15.2. The third-order valence-electron chi connectivity index (χ3n) is 3.28. The minimum Gasteiger partial charge on any atom is -0.491 e. The molecule has 0 radical (unpaired) electrons. The van der Waals surface area contributed by atoms with Crippen LogP contribution in [0.5, 0.6) is 5.75 Å². The van der Waals surface area contributed by atoms with Gasteiger partial charge in [0.25, 0.3) is 0 Å². The molecule has 2 nitrogen and oxygen atoms in total. The van der Waals surface area contributed by atoms with Gasteiger partial charge in [-0.1, -0.05) is 35.9 Å². The molecule has 2 aromatic carbocycles. The minimum absolute atomic E-state index is 0.207. The highest BCUT2D eigenvalue weighted by Crippen LogP contribution is 2.18. The highest BCUT2D eigenvalue weighted by atomic mass is 35.5. The molecule has 112 valence electrons. The Morgan fingerprint density at radius 2 is 1.57 bits per heavy atom. The SMILES string of the molecule is CC(C)Oc1ccc(CN[C@H](C)c2ccc(Cl)cc2)cc1. The maximum absolute atomic E-state index is 5.91. The van der Waals surface area contributed by atoms with Gasteiger partial charge in [0.2, 0.25) is 0 Å². The van der Waals surface area contributed by atoms with Crippen molar-refractivity contribution in [3.63, 3.8) is 0 Å². The lowest BCUT2D eigenvalue weighted by Gasteiger charge is -2.15. The number of ether oxygens (including phenoxy) is 1. The molecule has 3 heteroatoms. The predicted octanol–water partition coefficient (Wildman–Crippen LogP) is 4.98. The molecular formula is C18H22ClNO. The van der Waals surface area contributed by atoms with E-state index >= 15 is 0 Å². The average Bonchev–Trinajstić information content (AvgIpc) is 2.46. The van der Waals surface area contributed by atoms with E-state index < -0.39 is 0 Å². The van der Waals surface area contributed by atoms with Crippen LogP contribution in [-0.4, -0.2) is 6.10 Å². The minimum atomic E-state index is 0.207. The van der Waals surface area contributed by atoms with E-state index in [4.69, 9.17) is 16.3 Å². The number of hydrogen-bond acceptors (Lipinski definition) is 2. The van der Waals surface area contributed by atoms with Crippen LogP contribution < -0.4 is 10.1 Å². The van der Waals surface area contributed by atoms with Gasteiger partial charge in [-0.2, -0.15) is 0 Å². The largest absolute Gasteiger partial charge is 0.491 e. The topological polar surface area (TPSA) is 21.3 Å². The third kappa shape index (κ3) is 5.07. The van der Waals surface area contributed by atoms with Gasteiger partial charge in [-0.15, -0.1) is 0 Å². The van der Waals surface area contributed by atoms with Gasteiger partial charge >= 0.3 is 0 Å². The average molecular weight is 304 g/mol. The summed E-state index contributed by atoms with van der Waals surface area (Å²) in [5.41, 5.74) is 2.48. The fourth-order valence-electron chi connectivity index (χ4n) is 2.10. The number of nitrogens with one attached hydrogen (secondary N) is 1. The Morgan fingerprint density at radius 1 is 0.952 bits per heavy atom. The summed E-state index contributed by atoms with van der Waals surface area (Å²) < 4.78 is 5.64. The first-order valence-electron chi connectivity index (χ1n) is 7.29. The molecule has 2 rings (SSSR count). The molecule has 2 aromatic rings. The molecule has 0 saturated carbocycles. The molecule has 0 spiro atoms. The first-order chi connectivity index (χ1) is 10.0. The van der Waals surface area contributed by atoms with E-state index in [2.05, 4.69) is 36.5 Å². The molecule has 21 heavy (non-hydrogen) atoms. The fourth-order valence-corrected chi connectivity index (χ4v) is 2.22. The molecule has 0 aliphatic rings. The van der Waals surface area contributed by atoms with Crippen molar-refractivity contribution in [3.05, 3.63) is 64.7 Å². The number of halogens is 1. The lowest BCUT2D eigenvalue weighted by molar-refractivity contribution is 0.242. The van der Waals surface area contributed by atoms with Gasteiger partial charge in [0.15, 0.2) is 0 Å². The standard InChI is InChI=1S/C18H22ClNO/c1-13(2)21-18-10-4-15(5-11-18)12-20-14(3)16-6-8-17(19)9-7-16/h4-11,13-14,20H,12H2,1-3H3/t14-/m1/s1. The molecule has 0 fully saturated rings. The van der Waals surface area contributed by atoms with Gasteiger partial charge < -0.3 is 10.1 Å². The molecule has 0 aliphatic heterocycles. The normalized spacial score (nSPS) is 12.4. The molecule has 1 N–H and O–H groups in total. The second-order valence-electron chi connectivity index (χ2n) is 5.46. The first kappa shape index (κ1) is 15.9. The van der Waals surface area contributed by atoms with Gasteiger partial charge in [-0.25, -0.2) is 0 Å². The number of benzene rings is 2. The van der Waals surface area contributed by atoms with Crippen LogP contribution in [0.3, 0.4) is 0 Å². The highest BCUT2D eigenvalue weighted by Gasteiger charge is 2.05. The van der Waals surface area contributed by atoms with E-state index in [0.29, 0.717) is 0 Å². The van der Waals surface area contributed by atoms with Crippen LogP contribution in [0, 0.1) is 0 Å². The Bertz CT molecular complexity index is 548. The third-order valence-corrected chi connectivity index (χ3v) is 3.53. The Labute approximate surface area is 132 Å². The van der Waals surface area contributed by atoms with Crippen molar-refractivity contribution in [1.82, 2.24) is 5.32 Å². The monoisotopic (exact) mass is 303 g/mol. The smallest absolute Gasteiger partial charge is 0.119 e. The summed E-state index contributed by atoms with van der Waals surface area (Å²) in [6, 6.07) is 16.5.